The van der Waals surface area contributed by atoms with E-state index in [-0.39, 0.29) is 11.6 Å². The van der Waals surface area contributed by atoms with Gasteiger partial charge in [0.15, 0.2) is 0 Å². The Morgan fingerprint density at radius 2 is 1.73 bits per heavy atom. The van der Waals surface area contributed by atoms with Crippen molar-refractivity contribution in [1.29, 1.82) is 0 Å². The first-order valence-electron chi connectivity index (χ1n) is 12.6. The molecule has 4 aromatic rings. The minimum atomic E-state index is -4.75. The van der Waals surface area contributed by atoms with Crippen molar-refractivity contribution in [2.75, 3.05) is 23.5 Å². The Kier molecular flexibility index (Phi) is 6.93. The maximum atomic E-state index is 13.4. The lowest BCUT2D eigenvalue weighted by molar-refractivity contribution is -0.138. The largest absolute Gasteiger partial charge is 0.497 e. The molecule has 0 atom stereocenters. The first-order chi connectivity index (χ1) is 19.4. The van der Waals surface area contributed by atoms with E-state index < -0.39 is 41.5 Å². The molecule has 1 aliphatic heterocycles. The number of rotatable bonds is 6. The van der Waals surface area contributed by atoms with Gasteiger partial charge in [-0.25, -0.2) is 9.69 Å². The van der Waals surface area contributed by atoms with Gasteiger partial charge in [0.2, 0.25) is 0 Å². The summed E-state index contributed by atoms with van der Waals surface area (Å²) in [6.45, 7) is 3.23. The summed E-state index contributed by atoms with van der Waals surface area (Å²) in [5.74, 6) is 0.873. The zero-order valence-corrected chi connectivity index (χ0v) is 22.5. The Morgan fingerprint density at radius 1 is 0.976 bits per heavy atom. The summed E-state index contributed by atoms with van der Waals surface area (Å²) < 4.78 is 52.5. The third-order valence-electron chi connectivity index (χ3n) is 6.75. The van der Waals surface area contributed by atoms with Gasteiger partial charge in [-0.1, -0.05) is 13.8 Å². The summed E-state index contributed by atoms with van der Waals surface area (Å²) in [6, 6.07) is 11.5. The van der Waals surface area contributed by atoms with E-state index in [4.69, 9.17) is 9.47 Å². The Morgan fingerprint density at radius 3 is 2.41 bits per heavy atom. The number of hydrogen-bond donors (Lipinski definition) is 0. The van der Waals surface area contributed by atoms with E-state index in [0.717, 1.165) is 26.8 Å². The van der Waals surface area contributed by atoms with Crippen molar-refractivity contribution in [2.45, 2.75) is 25.9 Å². The zero-order chi connectivity index (χ0) is 29.6. The number of aryl methyl sites for hydroxylation is 1. The highest BCUT2D eigenvalue weighted by atomic mass is 19.4. The first-order valence-corrected chi connectivity index (χ1v) is 12.6. The fourth-order valence-corrected chi connectivity index (χ4v) is 4.64. The van der Waals surface area contributed by atoms with Gasteiger partial charge in [-0.2, -0.15) is 13.2 Å². The number of benzene rings is 2. The SMILES string of the molecule is COc1ccc2c(Oc3ccc(N4C(=O)CN(c5cc(C(F)(F)F)cn(C)c5=O)C4=O)cc3C(C)C)ccnc2c1. The predicted molar refractivity (Wildman–Crippen MR) is 146 cm³/mol. The summed E-state index contributed by atoms with van der Waals surface area (Å²) in [6.07, 6.45) is -2.50. The Hall–Kier alpha value is -4.87. The third-order valence-corrected chi connectivity index (χ3v) is 6.75. The molecule has 5 rings (SSSR count). The Bertz CT molecular complexity index is 1750. The van der Waals surface area contributed by atoms with E-state index >= 15 is 0 Å². The summed E-state index contributed by atoms with van der Waals surface area (Å²) >= 11 is 0. The minimum Gasteiger partial charge on any atom is -0.497 e. The van der Waals surface area contributed by atoms with Crippen LogP contribution in [0.2, 0.25) is 0 Å². The highest BCUT2D eigenvalue weighted by Crippen LogP contribution is 2.38. The van der Waals surface area contributed by atoms with Crippen molar-refractivity contribution in [3.8, 4) is 17.2 Å². The number of alkyl halides is 3. The van der Waals surface area contributed by atoms with E-state index in [2.05, 4.69) is 4.98 Å². The molecule has 0 spiro atoms. The number of imide groups is 1. The average Bonchev–Trinajstić information content (AvgIpc) is 3.22. The van der Waals surface area contributed by atoms with Crippen LogP contribution in [-0.2, 0) is 18.0 Å². The molecule has 0 bridgehead atoms. The van der Waals surface area contributed by atoms with Crippen molar-refractivity contribution in [1.82, 2.24) is 9.55 Å². The number of aromatic nitrogens is 2. The normalized spacial score (nSPS) is 14.0. The van der Waals surface area contributed by atoms with Gasteiger partial charge in [0.1, 0.15) is 29.5 Å². The second-order valence-electron chi connectivity index (χ2n) is 9.80. The molecule has 1 aliphatic rings. The topological polar surface area (TPSA) is 94.0 Å². The van der Waals surface area contributed by atoms with E-state index in [0.29, 0.717) is 40.6 Å². The van der Waals surface area contributed by atoms with Crippen LogP contribution >= 0.6 is 0 Å². The number of halogens is 3. The number of ether oxygens (including phenoxy) is 2. The average molecular weight is 567 g/mol. The van der Waals surface area contributed by atoms with Crippen molar-refractivity contribution >= 4 is 34.2 Å². The highest BCUT2D eigenvalue weighted by molar-refractivity contribution is 6.27. The summed E-state index contributed by atoms with van der Waals surface area (Å²) in [7, 11) is 2.71. The molecule has 12 heteroatoms. The molecule has 41 heavy (non-hydrogen) atoms. The van der Waals surface area contributed by atoms with Gasteiger partial charge >= 0.3 is 12.2 Å². The molecular weight excluding hydrogens is 541 g/mol. The quantitative estimate of drug-likeness (QED) is 0.272. The van der Waals surface area contributed by atoms with Gasteiger partial charge in [-0.15, -0.1) is 0 Å². The molecule has 0 N–H and O–H groups in total. The summed E-state index contributed by atoms with van der Waals surface area (Å²) in [5, 5.41) is 0.746. The molecule has 212 valence electrons. The van der Waals surface area contributed by atoms with Crippen molar-refractivity contribution in [3.63, 3.8) is 0 Å². The van der Waals surface area contributed by atoms with E-state index in [1.54, 1.807) is 43.6 Å². The molecule has 9 nitrogen and oxygen atoms in total. The summed E-state index contributed by atoms with van der Waals surface area (Å²) in [4.78, 5) is 45.0. The molecule has 2 aromatic heterocycles. The maximum absolute atomic E-state index is 13.4. The van der Waals surface area contributed by atoms with Gasteiger partial charge < -0.3 is 14.0 Å². The van der Waals surface area contributed by atoms with Crippen LogP contribution in [0.3, 0.4) is 0 Å². The Balaban J connectivity index is 1.50. The first kappa shape index (κ1) is 27.7. The maximum Gasteiger partial charge on any atom is 0.417 e. The van der Waals surface area contributed by atoms with Crippen LogP contribution in [0.5, 0.6) is 17.2 Å². The smallest absolute Gasteiger partial charge is 0.417 e. The molecule has 0 saturated carbocycles. The van der Waals surface area contributed by atoms with Crippen molar-refractivity contribution in [2.24, 2.45) is 7.05 Å². The van der Waals surface area contributed by atoms with Crippen LogP contribution in [0.15, 0.2) is 65.7 Å². The summed E-state index contributed by atoms with van der Waals surface area (Å²) in [5.41, 5.74) is -0.942. The van der Waals surface area contributed by atoms with Gasteiger partial charge in [-0.05, 0) is 53.9 Å². The van der Waals surface area contributed by atoms with Gasteiger partial charge in [0.25, 0.3) is 11.5 Å². The second-order valence-corrected chi connectivity index (χ2v) is 9.80. The minimum absolute atomic E-state index is 0.0992. The number of anilines is 2. The number of hydrogen-bond acceptors (Lipinski definition) is 6. The van der Waals surface area contributed by atoms with Crippen LogP contribution in [0.25, 0.3) is 10.9 Å². The van der Waals surface area contributed by atoms with Crippen LogP contribution in [-0.4, -0.2) is 35.1 Å². The molecule has 0 radical (unpaired) electrons. The van der Waals surface area contributed by atoms with Crippen molar-refractivity contribution in [3.05, 3.63) is 82.4 Å². The molecule has 3 amide bonds. The van der Waals surface area contributed by atoms with Crippen LogP contribution in [0.1, 0.15) is 30.9 Å². The number of amides is 3. The fourth-order valence-electron chi connectivity index (χ4n) is 4.64. The number of pyridine rings is 2. The van der Waals surface area contributed by atoms with E-state index in [9.17, 15) is 27.6 Å². The lowest BCUT2D eigenvalue weighted by Gasteiger charge is -2.21. The molecule has 2 aromatic carbocycles. The van der Waals surface area contributed by atoms with Gasteiger partial charge in [0.05, 0.1) is 23.9 Å². The highest BCUT2D eigenvalue weighted by Gasteiger charge is 2.41. The van der Waals surface area contributed by atoms with Crippen molar-refractivity contribution < 1.29 is 32.2 Å². The Labute approximate surface area is 232 Å². The van der Waals surface area contributed by atoms with Gasteiger partial charge in [-0.3, -0.25) is 19.5 Å². The lowest BCUT2D eigenvalue weighted by Crippen LogP contribution is -2.37. The van der Waals surface area contributed by atoms with Crippen LogP contribution < -0.4 is 24.8 Å². The lowest BCUT2D eigenvalue weighted by atomic mass is 10.0. The number of carbonyl (C=O) groups is 2. The van der Waals surface area contributed by atoms with Gasteiger partial charge in [0, 0.05) is 30.9 Å². The standard InChI is InChI=1S/C29H25F3N4O5/c1-16(2)21-12-18(5-8-24(21)41-25-9-10-33-22-13-19(40-4)6-7-20(22)25)36-26(37)15-35(28(36)39)23-11-17(29(30,31)32)14-34(3)27(23)38/h5-14,16H,15H2,1-4H3. The number of methoxy groups -OCH3 is 1. The van der Waals surface area contributed by atoms with E-state index in [1.807, 2.05) is 19.9 Å². The number of carbonyl (C=O) groups excluding carboxylic acids is 2. The third kappa shape index (κ3) is 5.08. The molecular formula is C29H25F3N4O5. The number of nitrogens with zero attached hydrogens (tertiary/aromatic N) is 4. The monoisotopic (exact) mass is 566 g/mol. The molecule has 0 aliphatic carbocycles. The molecule has 1 saturated heterocycles. The second kappa shape index (κ2) is 10.3. The molecule has 0 unspecified atom stereocenters. The predicted octanol–water partition coefficient (Wildman–Crippen LogP) is 5.85. The molecule has 3 heterocycles. The fraction of sp³-hybridized carbons (Fsp3) is 0.241. The van der Waals surface area contributed by atoms with E-state index in [1.165, 1.54) is 6.07 Å². The van der Waals surface area contributed by atoms with Crippen LogP contribution in [0, 0.1) is 0 Å². The zero-order valence-electron chi connectivity index (χ0n) is 22.5. The van der Waals surface area contributed by atoms with Crippen LogP contribution in [0.4, 0.5) is 29.3 Å². The number of fused-ring (bicyclic) bond motifs is 1. The molecule has 1 fully saturated rings. The number of urea groups is 1.